The molecule has 1 aliphatic carbocycles. The molecule has 2 aromatic rings. The van der Waals surface area contributed by atoms with Crippen molar-refractivity contribution in [2.24, 2.45) is 5.92 Å². The van der Waals surface area contributed by atoms with E-state index in [0.717, 1.165) is 35.8 Å². The maximum atomic E-state index is 5.56. The lowest BCUT2D eigenvalue weighted by molar-refractivity contribution is -0.0244. The molecule has 0 atom stereocenters. The van der Waals surface area contributed by atoms with Crippen LogP contribution >= 0.6 is 0 Å². The van der Waals surface area contributed by atoms with E-state index < -0.39 is 0 Å². The first-order chi connectivity index (χ1) is 8.35. The van der Waals surface area contributed by atoms with Crippen molar-refractivity contribution in [3.05, 3.63) is 24.3 Å². The van der Waals surface area contributed by atoms with Crippen molar-refractivity contribution >= 4 is 11.0 Å². The topological polar surface area (TPSA) is 50.8 Å². The maximum Gasteiger partial charge on any atom is 0.107 e. The zero-order valence-corrected chi connectivity index (χ0v) is 10.0. The number of hydrogen-bond acceptors (Lipinski definition) is 3. The highest BCUT2D eigenvalue weighted by Crippen LogP contribution is 2.32. The van der Waals surface area contributed by atoms with E-state index in [1.807, 2.05) is 12.3 Å². The molecule has 1 aliphatic rings. The van der Waals surface area contributed by atoms with Gasteiger partial charge in [-0.15, -0.1) is 0 Å². The quantitative estimate of drug-likeness (QED) is 0.878. The third-order valence-electron chi connectivity index (χ3n) is 3.41. The van der Waals surface area contributed by atoms with Crippen molar-refractivity contribution in [1.82, 2.24) is 15.0 Å². The van der Waals surface area contributed by atoms with Gasteiger partial charge in [-0.1, -0.05) is 0 Å². The third-order valence-corrected chi connectivity index (χ3v) is 3.41. The Balaban J connectivity index is 1.62. The Morgan fingerprint density at radius 1 is 1.47 bits per heavy atom. The molecule has 1 N–H and O–H groups in total. The number of fused-ring (bicyclic) bond motifs is 1. The molecule has 2 heterocycles. The van der Waals surface area contributed by atoms with E-state index in [1.54, 1.807) is 6.20 Å². The van der Waals surface area contributed by atoms with E-state index in [9.17, 15) is 0 Å². The van der Waals surface area contributed by atoms with Crippen molar-refractivity contribution in [1.29, 1.82) is 0 Å². The van der Waals surface area contributed by atoms with Crippen molar-refractivity contribution in [2.45, 2.75) is 32.3 Å². The van der Waals surface area contributed by atoms with Gasteiger partial charge in [0, 0.05) is 19.2 Å². The largest absolute Gasteiger partial charge is 0.378 e. The van der Waals surface area contributed by atoms with Crippen LogP contribution in [-0.2, 0) is 11.2 Å². The number of aromatic nitrogens is 3. The Kier molecular flexibility index (Phi) is 2.81. The number of nitrogens with one attached hydrogen (secondary N) is 1. The Morgan fingerprint density at radius 3 is 3.12 bits per heavy atom. The highest BCUT2D eigenvalue weighted by molar-refractivity contribution is 5.73. The zero-order chi connectivity index (χ0) is 11.7. The molecule has 0 bridgehead atoms. The van der Waals surface area contributed by atoms with Crippen LogP contribution in [0.15, 0.2) is 18.5 Å². The lowest BCUT2D eigenvalue weighted by Gasteiger charge is -2.34. The Labute approximate surface area is 100 Å². The van der Waals surface area contributed by atoms with Gasteiger partial charge in [-0.2, -0.15) is 0 Å². The van der Waals surface area contributed by atoms with Gasteiger partial charge in [-0.25, -0.2) is 4.98 Å². The molecular formula is C13H17N3O. The summed E-state index contributed by atoms with van der Waals surface area (Å²) >= 11 is 0. The van der Waals surface area contributed by atoms with Crippen molar-refractivity contribution < 1.29 is 4.74 Å². The predicted octanol–water partition coefficient (Wildman–Crippen LogP) is 2.32. The van der Waals surface area contributed by atoms with E-state index in [1.165, 1.54) is 12.8 Å². The highest BCUT2D eigenvalue weighted by Gasteiger charge is 2.30. The first-order valence-corrected chi connectivity index (χ1v) is 6.25. The standard InChI is InChI=1S/C13H17N3O/c1-2-17-10-5-9(6-10)7-13-15-11-3-4-14-8-12(11)16-13/h3-4,8-10H,2,5-7H2,1H3,(H,15,16). The van der Waals surface area contributed by atoms with Crippen LogP contribution in [0.5, 0.6) is 0 Å². The minimum Gasteiger partial charge on any atom is -0.378 e. The van der Waals surface area contributed by atoms with Crippen LogP contribution in [0.4, 0.5) is 0 Å². The third kappa shape index (κ3) is 2.17. The number of imidazole rings is 1. The lowest BCUT2D eigenvalue weighted by Crippen LogP contribution is -2.32. The van der Waals surface area contributed by atoms with Crippen LogP contribution in [0.25, 0.3) is 11.0 Å². The van der Waals surface area contributed by atoms with E-state index in [2.05, 4.69) is 21.9 Å². The van der Waals surface area contributed by atoms with Gasteiger partial charge >= 0.3 is 0 Å². The summed E-state index contributed by atoms with van der Waals surface area (Å²) in [7, 11) is 0. The molecular weight excluding hydrogens is 214 g/mol. The summed E-state index contributed by atoms with van der Waals surface area (Å²) in [5.74, 6) is 1.80. The molecule has 3 rings (SSSR count). The molecule has 0 amide bonds. The maximum absolute atomic E-state index is 5.56. The number of hydrogen-bond donors (Lipinski definition) is 1. The summed E-state index contributed by atoms with van der Waals surface area (Å²) in [6.07, 6.45) is 7.46. The van der Waals surface area contributed by atoms with Gasteiger partial charge < -0.3 is 9.72 Å². The molecule has 2 aromatic heterocycles. The van der Waals surface area contributed by atoms with Gasteiger partial charge in [0.15, 0.2) is 0 Å². The lowest BCUT2D eigenvalue weighted by atomic mass is 9.80. The van der Waals surface area contributed by atoms with E-state index in [4.69, 9.17) is 4.74 Å². The Hall–Kier alpha value is -1.42. The van der Waals surface area contributed by atoms with E-state index in [0.29, 0.717) is 6.10 Å². The van der Waals surface area contributed by atoms with Crippen LogP contribution in [0.3, 0.4) is 0 Å². The molecule has 4 heteroatoms. The fraction of sp³-hybridized carbons (Fsp3) is 0.538. The fourth-order valence-corrected chi connectivity index (χ4v) is 2.49. The minimum atomic E-state index is 0.482. The van der Waals surface area contributed by atoms with Crippen LogP contribution in [0.1, 0.15) is 25.6 Å². The fourth-order valence-electron chi connectivity index (χ4n) is 2.49. The van der Waals surface area contributed by atoms with Gasteiger partial charge in [-0.05, 0) is 31.7 Å². The Morgan fingerprint density at radius 2 is 2.35 bits per heavy atom. The number of rotatable bonds is 4. The SMILES string of the molecule is CCOC1CC(Cc2nc3ccncc3[nH]2)C1. The normalized spacial score (nSPS) is 23.8. The molecule has 0 aliphatic heterocycles. The summed E-state index contributed by atoms with van der Waals surface area (Å²) in [4.78, 5) is 12.0. The van der Waals surface area contributed by atoms with E-state index in [-0.39, 0.29) is 0 Å². The summed E-state index contributed by atoms with van der Waals surface area (Å²) in [5.41, 5.74) is 2.04. The second-order valence-electron chi connectivity index (χ2n) is 4.70. The van der Waals surface area contributed by atoms with Gasteiger partial charge in [0.25, 0.3) is 0 Å². The van der Waals surface area contributed by atoms with Crippen molar-refractivity contribution in [2.75, 3.05) is 6.61 Å². The van der Waals surface area contributed by atoms with Crippen molar-refractivity contribution in [3.63, 3.8) is 0 Å². The second kappa shape index (κ2) is 4.45. The molecule has 0 saturated heterocycles. The molecule has 0 aromatic carbocycles. The smallest absolute Gasteiger partial charge is 0.107 e. The second-order valence-corrected chi connectivity index (χ2v) is 4.70. The molecule has 0 unspecified atom stereocenters. The number of aromatic amines is 1. The average molecular weight is 231 g/mol. The average Bonchev–Trinajstić information content (AvgIpc) is 2.68. The number of H-pyrrole nitrogens is 1. The molecule has 90 valence electrons. The van der Waals surface area contributed by atoms with Crippen LogP contribution < -0.4 is 0 Å². The number of ether oxygens (including phenoxy) is 1. The monoisotopic (exact) mass is 231 g/mol. The molecule has 4 nitrogen and oxygen atoms in total. The van der Waals surface area contributed by atoms with Crippen molar-refractivity contribution in [3.8, 4) is 0 Å². The van der Waals surface area contributed by atoms with Gasteiger partial charge in [0.05, 0.1) is 23.3 Å². The van der Waals surface area contributed by atoms with Crippen LogP contribution in [-0.4, -0.2) is 27.7 Å². The molecule has 0 radical (unpaired) electrons. The van der Waals surface area contributed by atoms with Gasteiger partial charge in [-0.3, -0.25) is 4.98 Å². The van der Waals surface area contributed by atoms with Crippen LogP contribution in [0, 0.1) is 5.92 Å². The Bertz CT molecular complexity index is 469. The predicted molar refractivity (Wildman–Crippen MR) is 65.7 cm³/mol. The summed E-state index contributed by atoms with van der Waals surface area (Å²) in [5, 5.41) is 0. The number of pyridine rings is 1. The molecule has 0 spiro atoms. The molecule has 1 fully saturated rings. The van der Waals surface area contributed by atoms with Crippen LogP contribution in [0.2, 0.25) is 0 Å². The van der Waals surface area contributed by atoms with E-state index >= 15 is 0 Å². The first-order valence-electron chi connectivity index (χ1n) is 6.25. The minimum absolute atomic E-state index is 0.482. The number of nitrogens with zero attached hydrogens (tertiary/aromatic N) is 2. The summed E-state index contributed by atoms with van der Waals surface area (Å²) < 4.78 is 5.56. The van der Waals surface area contributed by atoms with Gasteiger partial charge in [0.2, 0.25) is 0 Å². The molecule has 17 heavy (non-hydrogen) atoms. The summed E-state index contributed by atoms with van der Waals surface area (Å²) in [6.45, 7) is 2.88. The molecule has 1 saturated carbocycles. The van der Waals surface area contributed by atoms with Gasteiger partial charge in [0.1, 0.15) is 5.82 Å². The zero-order valence-electron chi connectivity index (χ0n) is 10.0. The first kappa shape index (κ1) is 10.7. The summed E-state index contributed by atoms with van der Waals surface area (Å²) in [6, 6.07) is 1.94. The highest BCUT2D eigenvalue weighted by atomic mass is 16.5.